The zero-order valence-corrected chi connectivity index (χ0v) is 14.1. The van der Waals surface area contributed by atoms with Gasteiger partial charge in [0.15, 0.2) is 0 Å². The van der Waals surface area contributed by atoms with Crippen molar-refractivity contribution in [3.63, 3.8) is 0 Å². The summed E-state index contributed by atoms with van der Waals surface area (Å²) < 4.78 is 10.8. The highest BCUT2D eigenvalue weighted by atomic mass is 16.5. The summed E-state index contributed by atoms with van der Waals surface area (Å²) in [6.07, 6.45) is 3.65. The second kappa shape index (κ2) is 7.79. The number of aromatic nitrogens is 1. The molecule has 0 unspecified atom stereocenters. The molecule has 7 heteroatoms. The molecule has 2 atom stereocenters. The fourth-order valence-corrected chi connectivity index (χ4v) is 3.34. The Morgan fingerprint density at radius 1 is 1.42 bits per heavy atom. The van der Waals surface area contributed by atoms with Gasteiger partial charge in [-0.25, -0.2) is 0 Å². The highest BCUT2D eigenvalue weighted by Crippen LogP contribution is 2.20. The number of ether oxygens (including phenoxy) is 1. The minimum absolute atomic E-state index is 0.0139. The maximum absolute atomic E-state index is 12.2. The van der Waals surface area contributed by atoms with Gasteiger partial charge in [0.25, 0.3) is 0 Å². The topological polar surface area (TPSA) is 84.7 Å². The molecular formula is C17H25N3O4. The Morgan fingerprint density at radius 2 is 2.29 bits per heavy atom. The number of carbonyl (C=O) groups excluding carboxylic acids is 2. The number of hydrogen-bond acceptors (Lipinski definition) is 5. The van der Waals surface area contributed by atoms with Gasteiger partial charge in [-0.05, 0) is 19.8 Å². The molecule has 2 saturated heterocycles. The van der Waals surface area contributed by atoms with Crippen LogP contribution in [-0.4, -0.2) is 54.2 Å². The average molecular weight is 335 g/mol. The molecule has 2 aliphatic heterocycles. The fraction of sp³-hybridized carbons (Fsp3) is 0.706. The lowest BCUT2D eigenvalue weighted by molar-refractivity contribution is -0.133. The van der Waals surface area contributed by atoms with E-state index in [0.717, 1.165) is 30.8 Å². The van der Waals surface area contributed by atoms with Crippen LogP contribution in [0.2, 0.25) is 0 Å². The average Bonchev–Trinajstić information content (AvgIpc) is 3.16. The van der Waals surface area contributed by atoms with Gasteiger partial charge in [-0.1, -0.05) is 5.16 Å². The van der Waals surface area contributed by atoms with Crippen LogP contribution < -0.4 is 5.32 Å². The molecule has 0 aromatic carbocycles. The Hall–Kier alpha value is -1.89. The van der Waals surface area contributed by atoms with Gasteiger partial charge >= 0.3 is 0 Å². The van der Waals surface area contributed by atoms with Crippen LogP contribution in [0, 0.1) is 12.8 Å². The first kappa shape index (κ1) is 17.0. The van der Waals surface area contributed by atoms with Gasteiger partial charge in [0.05, 0.1) is 24.9 Å². The van der Waals surface area contributed by atoms with E-state index in [2.05, 4.69) is 10.5 Å². The summed E-state index contributed by atoms with van der Waals surface area (Å²) in [6, 6.07) is 1.90. The van der Waals surface area contributed by atoms with Gasteiger partial charge in [0.2, 0.25) is 11.8 Å². The number of nitrogens with one attached hydrogen (secondary N) is 1. The van der Waals surface area contributed by atoms with E-state index in [9.17, 15) is 9.59 Å². The van der Waals surface area contributed by atoms with E-state index in [0.29, 0.717) is 39.0 Å². The van der Waals surface area contributed by atoms with Crippen LogP contribution in [-0.2, 0) is 20.7 Å². The van der Waals surface area contributed by atoms with E-state index in [1.807, 2.05) is 13.0 Å². The third-order valence-corrected chi connectivity index (χ3v) is 4.72. The molecule has 1 aromatic heterocycles. The number of piperidine rings is 1. The van der Waals surface area contributed by atoms with Crippen LogP contribution in [0.5, 0.6) is 0 Å². The molecule has 1 N–H and O–H groups in total. The summed E-state index contributed by atoms with van der Waals surface area (Å²) in [5.74, 6) is 1.15. The van der Waals surface area contributed by atoms with E-state index in [4.69, 9.17) is 9.26 Å². The third kappa shape index (κ3) is 4.35. The van der Waals surface area contributed by atoms with E-state index in [1.165, 1.54) is 0 Å². The SMILES string of the molecule is Cc1cc(C[C@@H]2COC[C@@H]2NC(=O)CCN2CCCCC2=O)on1. The monoisotopic (exact) mass is 335 g/mol. The molecule has 2 aliphatic rings. The molecule has 0 radical (unpaired) electrons. The molecule has 2 fully saturated rings. The molecule has 0 saturated carbocycles. The molecule has 0 aliphatic carbocycles. The number of likely N-dealkylation sites (tertiary alicyclic amines) is 1. The molecular weight excluding hydrogens is 310 g/mol. The Kier molecular flexibility index (Phi) is 5.50. The van der Waals surface area contributed by atoms with E-state index in [-0.39, 0.29) is 23.8 Å². The van der Waals surface area contributed by atoms with Crippen LogP contribution in [0.15, 0.2) is 10.6 Å². The van der Waals surface area contributed by atoms with Crippen LogP contribution in [0.1, 0.15) is 37.1 Å². The van der Waals surface area contributed by atoms with Crippen molar-refractivity contribution >= 4 is 11.8 Å². The molecule has 132 valence electrons. The Balaban J connectivity index is 1.45. The van der Waals surface area contributed by atoms with Crippen molar-refractivity contribution in [3.8, 4) is 0 Å². The number of rotatable bonds is 6. The molecule has 2 amide bonds. The minimum atomic E-state index is -0.0253. The molecule has 1 aromatic rings. The lowest BCUT2D eigenvalue weighted by Gasteiger charge is -2.26. The van der Waals surface area contributed by atoms with Crippen molar-refractivity contribution in [1.29, 1.82) is 0 Å². The lowest BCUT2D eigenvalue weighted by Crippen LogP contribution is -2.43. The van der Waals surface area contributed by atoms with Gasteiger partial charge in [0, 0.05) is 44.3 Å². The highest BCUT2D eigenvalue weighted by molar-refractivity contribution is 5.79. The predicted octanol–water partition coefficient (Wildman–Crippen LogP) is 1.06. The Bertz CT molecular complexity index is 586. The number of carbonyl (C=O) groups is 2. The maximum Gasteiger partial charge on any atom is 0.222 e. The molecule has 0 spiro atoms. The molecule has 3 heterocycles. The zero-order chi connectivity index (χ0) is 16.9. The number of nitrogens with zero attached hydrogens (tertiary/aromatic N) is 2. The van der Waals surface area contributed by atoms with Crippen molar-refractivity contribution in [2.24, 2.45) is 5.92 Å². The van der Waals surface area contributed by atoms with Crippen LogP contribution in [0.3, 0.4) is 0 Å². The molecule has 3 rings (SSSR count). The normalized spacial score (nSPS) is 24.4. The van der Waals surface area contributed by atoms with Crippen LogP contribution in [0.25, 0.3) is 0 Å². The fourth-order valence-electron chi connectivity index (χ4n) is 3.34. The van der Waals surface area contributed by atoms with Gasteiger partial charge < -0.3 is 19.5 Å². The van der Waals surface area contributed by atoms with Crippen molar-refractivity contribution in [1.82, 2.24) is 15.4 Å². The first-order valence-corrected chi connectivity index (χ1v) is 8.69. The van der Waals surface area contributed by atoms with E-state index in [1.54, 1.807) is 4.90 Å². The number of hydrogen-bond donors (Lipinski definition) is 1. The lowest BCUT2D eigenvalue weighted by atomic mass is 9.98. The first-order valence-electron chi connectivity index (χ1n) is 8.69. The highest BCUT2D eigenvalue weighted by Gasteiger charge is 2.31. The second-order valence-electron chi connectivity index (χ2n) is 6.70. The molecule has 7 nitrogen and oxygen atoms in total. The Morgan fingerprint density at radius 3 is 3.04 bits per heavy atom. The van der Waals surface area contributed by atoms with Gasteiger partial charge in [-0.15, -0.1) is 0 Å². The van der Waals surface area contributed by atoms with Crippen molar-refractivity contribution in [2.45, 2.75) is 45.1 Å². The maximum atomic E-state index is 12.2. The van der Waals surface area contributed by atoms with Crippen LogP contribution >= 0.6 is 0 Å². The largest absolute Gasteiger partial charge is 0.379 e. The molecule has 24 heavy (non-hydrogen) atoms. The Labute approximate surface area is 141 Å². The zero-order valence-electron chi connectivity index (χ0n) is 14.1. The second-order valence-corrected chi connectivity index (χ2v) is 6.70. The van der Waals surface area contributed by atoms with E-state index < -0.39 is 0 Å². The van der Waals surface area contributed by atoms with Gasteiger partial charge in [0.1, 0.15) is 5.76 Å². The van der Waals surface area contributed by atoms with Gasteiger partial charge in [-0.2, -0.15) is 0 Å². The summed E-state index contributed by atoms with van der Waals surface area (Å²) in [5.41, 5.74) is 0.857. The third-order valence-electron chi connectivity index (χ3n) is 4.72. The van der Waals surface area contributed by atoms with Crippen LogP contribution in [0.4, 0.5) is 0 Å². The number of aryl methyl sites for hydroxylation is 1. The van der Waals surface area contributed by atoms with Crippen molar-refractivity contribution in [3.05, 3.63) is 17.5 Å². The summed E-state index contributed by atoms with van der Waals surface area (Å²) in [7, 11) is 0. The van der Waals surface area contributed by atoms with Crippen molar-refractivity contribution < 1.29 is 18.8 Å². The number of amides is 2. The van der Waals surface area contributed by atoms with Crippen molar-refractivity contribution in [2.75, 3.05) is 26.3 Å². The standard InChI is InChI=1S/C17H25N3O4/c1-12-8-14(24-19-12)9-13-10-23-11-15(13)18-16(21)5-7-20-6-3-2-4-17(20)22/h8,13,15H,2-7,9-11H2,1H3,(H,18,21)/t13-,15+/m1/s1. The van der Waals surface area contributed by atoms with Gasteiger partial charge in [-0.3, -0.25) is 9.59 Å². The first-order chi connectivity index (χ1) is 11.6. The predicted molar refractivity (Wildman–Crippen MR) is 86.2 cm³/mol. The summed E-state index contributed by atoms with van der Waals surface area (Å²) in [5, 5.41) is 6.94. The molecule has 0 bridgehead atoms. The summed E-state index contributed by atoms with van der Waals surface area (Å²) in [6.45, 7) is 4.29. The summed E-state index contributed by atoms with van der Waals surface area (Å²) >= 11 is 0. The smallest absolute Gasteiger partial charge is 0.222 e. The van der Waals surface area contributed by atoms with E-state index >= 15 is 0 Å². The minimum Gasteiger partial charge on any atom is -0.379 e. The summed E-state index contributed by atoms with van der Waals surface area (Å²) in [4.78, 5) is 25.8. The quantitative estimate of drug-likeness (QED) is 0.840.